The first kappa shape index (κ1) is 17.5. The van der Waals surface area contributed by atoms with Crippen molar-refractivity contribution in [3.63, 3.8) is 0 Å². The number of ether oxygens (including phenoxy) is 1. The highest BCUT2D eigenvalue weighted by Gasteiger charge is 2.15. The van der Waals surface area contributed by atoms with Gasteiger partial charge in [0, 0.05) is 11.3 Å². The monoisotopic (exact) mass is 353 g/mol. The minimum atomic E-state index is -1.01. The van der Waals surface area contributed by atoms with Gasteiger partial charge in [-0.2, -0.15) is 0 Å². The summed E-state index contributed by atoms with van der Waals surface area (Å²) in [5.74, 6) is 0.618. The Bertz CT molecular complexity index is 936. The van der Waals surface area contributed by atoms with Gasteiger partial charge in [-0.25, -0.2) is 14.8 Å². The van der Waals surface area contributed by atoms with Crippen LogP contribution < -0.4 is 10.1 Å². The number of aromatic nitrogens is 2. The smallest absolute Gasteiger partial charge is 0.335 e. The standard InChI is InChI=1S/C19H19N3O4/c1-4-14-11(2)20-17(13-7-8-26-10-13)22-18(14)21-15-6-5-12(19(23)24)9-16(15)25-3/h5-10H,4H2,1-3H3,(H,23,24)(H,20,21,22). The van der Waals surface area contributed by atoms with Gasteiger partial charge in [-0.15, -0.1) is 0 Å². The van der Waals surface area contributed by atoms with Crippen LogP contribution in [0, 0.1) is 6.92 Å². The topological polar surface area (TPSA) is 97.5 Å². The van der Waals surface area contributed by atoms with E-state index in [9.17, 15) is 4.79 Å². The summed E-state index contributed by atoms with van der Waals surface area (Å²) >= 11 is 0. The molecule has 3 rings (SSSR count). The van der Waals surface area contributed by atoms with Crippen molar-refractivity contribution in [2.75, 3.05) is 12.4 Å². The molecule has 0 radical (unpaired) electrons. The first-order chi connectivity index (χ1) is 12.5. The molecular weight excluding hydrogens is 334 g/mol. The van der Waals surface area contributed by atoms with E-state index in [1.54, 1.807) is 24.7 Å². The van der Waals surface area contributed by atoms with Crippen LogP contribution in [-0.2, 0) is 6.42 Å². The lowest BCUT2D eigenvalue weighted by Gasteiger charge is -2.16. The molecule has 0 aliphatic rings. The molecule has 0 saturated heterocycles. The third-order valence-corrected chi connectivity index (χ3v) is 4.05. The Morgan fingerprint density at radius 3 is 2.73 bits per heavy atom. The summed E-state index contributed by atoms with van der Waals surface area (Å²) in [4.78, 5) is 20.3. The molecule has 2 heterocycles. The van der Waals surface area contributed by atoms with E-state index in [-0.39, 0.29) is 5.56 Å². The quantitative estimate of drug-likeness (QED) is 0.689. The lowest BCUT2D eigenvalue weighted by atomic mass is 10.1. The summed E-state index contributed by atoms with van der Waals surface area (Å²) in [5, 5.41) is 12.4. The number of aromatic carboxylic acids is 1. The van der Waals surface area contributed by atoms with Crippen LogP contribution in [0.3, 0.4) is 0 Å². The van der Waals surface area contributed by atoms with Crippen molar-refractivity contribution in [1.82, 2.24) is 9.97 Å². The van der Waals surface area contributed by atoms with Gasteiger partial charge < -0.3 is 19.6 Å². The molecule has 0 bridgehead atoms. The van der Waals surface area contributed by atoms with Crippen molar-refractivity contribution < 1.29 is 19.1 Å². The summed E-state index contributed by atoms with van der Waals surface area (Å²) in [7, 11) is 1.50. The van der Waals surface area contributed by atoms with E-state index in [4.69, 9.17) is 14.3 Å². The zero-order valence-corrected chi connectivity index (χ0v) is 14.7. The number of carboxylic acids is 1. The van der Waals surface area contributed by atoms with E-state index in [1.165, 1.54) is 19.2 Å². The highest BCUT2D eigenvalue weighted by Crippen LogP contribution is 2.31. The second-order valence-electron chi connectivity index (χ2n) is 5.67. The number of rotatable bonds is 6. The number of benzene rings is 1. The fourth-order valence-electron chi connectivity index (χ4n) is 2.70. The largest absolute Gasteiger partial charge is 0.495 e. The van der Waals surface area contributed by atoms with E-state index in [0.29, 0.717) is 23.1 Å². The van der Waals surface area contributed by atoms with Crippen molar-refractivity contribution in [1.29, 1.82) is 0 Å². The van der Waals surface area contributed by atoms with Gasteiger partial charge in [0.2, 0.25) is 0 Å². The van der Waals surface area contributed by atoms with Crippen LogP contribution in [0.15, 0.2) is 41.2 Å². The summed E-state index contributed by atoms with van der Waals surface area (Å²) in [5.41, 5.74) is 3.40. The second-order valence-corrected chi connectivity index (χ2v) is 5.67. The molecule has 0 aliphatic carbocycles. The highest BCUT2D eigenvalue weighted by molar-refractivity contribution is 5.89. The van der Waals surface area contributed by atoms with Crippen LogP contribution in [0.1, 0.15) is 28.5 Å². The van der Waals surface area contributed by atoms with Gasteiger partial charge in [-0.3, -0.25) is 0 Å². The van der Waals surface area contributed by atoms with Crippen molar-refractivity contribution in [2.45, 2.75) is 20.3 Å². The number of nitrogens with zero attached hydrogens (tertiary/aromatic N) is 2. The molecule has 26 heavy (non-hydrogen) atoms. The van der Waals surface area contributed by atoms with Crippen LogP contribution >= 0.6 is 0 Å². The molecule has 0 saturated carbocycles. The van der Waals surface area contributed by atoms with Crippen LogP contribution in [0.5, 0.6) is 5.75 Å². The lowest BCUT2D eigenvalue weighted by Crippen LogP contribution is -2.06. The molecule has 0 fully saturated rings. The summed E-state index contributed by atoms with van der Waals surface area (Å²) in [6.07, 6.45) is 3.91. The van der Waals surface area contributed by atoms with E-state index in [1.807, 2.05) is 13.8 Å². The molecular formula is C19H19N3O4. The van der Waals surface area contributed by atoms with Crippen molar-refractivity contribution in [2.24, 2.45) is 0 Å². The zero-order chi connectivity index (χ0) is 18.7. The van der Waals surface area contributed by atoms with Gasteiger partial charge in [0.1, 0.15) is 17.8 Å². The molecule has 0 amide bonds. The number of methoxy groups -OCH3 is 1. The summed E-state index contributed by atoms with van der Waals surface area (Å²) < 4.78 is 10.4. The Balaban J connectivity index is 2.05. The van der Waals surface area contributed by atoms with Crippen LogP contribution in [0.2, 0.25) is 0 Å². The predicted octanol–water partition coefficient (Wildman–Crippen LogP) is 4.06. The third kappa shape index (κ3) is 3.37. The lowest BCUT2D eigenvalue weighted by molar-refractivity contribution is 0.0696. The van der Waals surface area contributed by atoms with Gasteiger partial charge in [0.25, 0.3) is 0 Å². The van der Waals surface area contributed by atoms with Crippen molar-refractivity contribution in [3.05, 3.63) is 53.6 Å². The van der Waals surface area contributed by atoms with E-state index in [2.05, 4.69) is 15.3 Å². The number of furan rings is 1. The van der Waals surface area contributed by atoms with Gasteiger partial charge in [0.05, 0.1) is 30.2 Å². The maximum Gasteiger partial charge on any atom is 0.335 e. The van der Waals surface area contributed by atoms with Crippen LogP contribution in [0.4, 0.5) is 11.5 Å². The van der Waals surface area contributed by atoms with Crippen molar-refractivity contribution in [3.8, 4) is 17.1 Å². The summed E-state index contributed by atoms with van der Waals surface area (Å²) in [6.45, 7) is 3.96. The number of carbonyl (C=O) groups is 1. The van der Waals surface area contributed by atoms with E-state index >= 15 is 0 Å². The number of carboxylic acid groups (broad SMARTS) is 1. The number of nitrogens with one attached hydrogen (secondary N) is 1. The number of hydrogen-bond acceptors (Lipinski definition) is 6. The minimum Gasteiger partial charge on any atom is -0.495 e. The number of anilines is 2. The molecule has 2 N–H and O–H groups in total. The zero-order valence-electron chi connectivity index (χ0n) is 14.7. The Morgan fingerprint density at radius 1 is 1.31 bits per heavy atom. The SMILES string of the molecule is CCc1c(C)nc(-c2ccoc2)nc1Nc1ccc(C(=O)O)cc1OC. The fraction of sp³-hybridized carbons (Fsp3) is 0.211. The maximum atomic E-state index is 11.2. The average Bonchev–Trinajstić information content (AvgIpc) is 3.16. The van der Waals surface area contributed by atoms with Gasteiger partial charge in [-0.1, -0.05) is 6.92 Å². The Hall–Kier alpha value is -3.35. The fourth-order valence-corrected chi connectivity index (χ4v) is 2.70. The van der Waals surface area contributed by atoms with E-state index in [0.717, 1.165) is 23.2 Å². The molecule has 7 heteroatoms. The van der Waals surface area contributed by atoms with E-state index < -0.39 is 5.97 Å². The molecule has 0 atom stereocenters. The Labute approximate surface area is 150 Å². The number of aryl methyl sites for hydroxylation is 1. The molecule has 0 aliphatic heterocycles. The average molecular weight is 353 g/mol. The Morgan fingerprint density at radius 2 is 2.12 bits per heavy atom. The second kappa shape index (κ2) is 7.26. The minimum absolute atomic E-state index is 0.154. The summed E-state index contributed by atoms with van der Waals surface area (Å²) in [6, 6.07) is 6.45. The van der Waals surface area contributed by atoms with Crippen molar-refractivity contribution >= 4 is 17.5 Å². The van der Waals surface area contributed by atoms with Gasteiger partial charge in [-0.05, 0) is 37.6 Å². The van der Waals surface area contributed by atoms with Crippen LogP contribution in [-0.4, -0.2) is 28.2 Å². The van der Waals surface area contributed by atoms with Gasteiger partial charge >= 0.3 is 5.97 Å². The first-order valence-electron chi connectivity index (χ1n) is 8.12. The first-order valence-corrected chi connectivity index (χ1v) is 8.12. The third-order valence-electron chi connectivity index (χ3n) is 4.05. The molecule has 0 spiro atoms. The predicted molar refractivity (Wildman–Crippen MR) is 97.1 cm³/mol. The normalized spacial score (nSPS) is 10.6. The van der Waals surface area contributed by atoms with Gasteiger partial charge in [0.15, 0.2) is 5.82 Å². The maximum absolute atomic E-state index is 11.2. The molecule has 7 nitrogen and oxygen atoms in total. The molecule has 2 aromatic heterocycles. The molecule has 1 aromatic carbocycles. The Kier molecular flexibility index (Phi) is 4.88. The number of hydrogen-bond donors (Lipinski definition) is 2. The molecule has 134 valence electrons. The van der Waals surface area contributed by atoms with Crippen LogP contribution in [0.25, 0.3) is 11.4 Å². The highest BCUT2D eigenvalue weighted by atomic mass is 16.5. The molecule has 3 aromatic rings. The molecule has 0 unspecified atom stereocenters.